The van der Waals surface area contributed by atoms with Crippen molar-refractivity contribution in [2.75, 3.05) is 6.54 Å². The summed E-state index contributed by atoms with van der Waals surface area (Å²) in [6.07, 6.45) is 3.79. The van der Waals surface area contributed by atoms with E-state index in [1.165, 1.54) is 17.0 Å². The first-order valence-electron chi connectivity index (χ1n) is 5.86. The quantitative estimate of drug-likeness (QED) is 0.878. The highest BCUT2D eigenvalue weighted by Gasteiger charge is 2.17. The van der Waals surface area contributed by atoms with E-state index in [1.807, 2.05) is 11.7 Å². The van der Waals surface area contributed by atoms with Crippen LogP contribution < -0.4 is 5.32 Å². The molecule has 4 nitrogen and oxygen atoms in total. The Morgan fingerprint density at radius 1 is 1.41 bits per heavy atom. The maximum atomic E-state index is 4.68. The Balaban J connectivity index is 2.12. The van der Waals surface area contributed by atoms with E-state index in [2.05, 4.69) is 27.2 Å². The molecule has 88 valence electrons. The molecule has 0 radical (unpaired) electrons. The first kappa shape index (κ1) is 10.8. The van der Waals surface area contributed by atoms with Crippen molar-refractivity contribution in [1.82, 2.24) is 20.3 Å². The van der Waals surface area contributed by atoms with E-state index in [0.717, 1.165) is 36.6 Å². The van der Waals surface area contributed by atoms with Crippen molar-refractivity contribution in [3.05, 3.63) is 28.7 Å². The molecular weight excluding hydrogens is 232 g/mol. The Morgan fingerprint density at radius 3 is 3.12 bits per heavy atom. The largest absolute Gasteiger partial charge is 0.312 e. The molecule has 1 aliphatic rings. The Kier molecular flexibility index (Phi) is 2.86. The zero-order valence-electron chi connectivity index (χ0n) is 9.73. The molecule has 5 heteroatoms. The highest BCUT2D eigenvalue weighted by atomic mass is 32.1. The van der Waals surface area contributed by atoms with E-state index in [1.54, 1.807) is 11.3 Å². The van der Waals surface area contributed by atoms with E-state index in [-0.39, 0.29) is 0 Å². The van der Waals surface area contributed by atoms with Crippen LogP contribution in [0, 0.1) is 0 Å². The Labute approximate surface area is 104 Å². The Bertz CT molecular complexity index is 504. The van der Waals surface area contributed by atoms with Crippen LogP contribution in [0.2, 0.25) is 0 Å². The van der Waals surface area contributed by atoms with Crippen LogP contribution in [0.4, 0.5) is 0 Å². The van der Waals surface area contributed by atoms with Crippen molar-refractivity contribution in [3.8, 4) is 10.7 Å². The fourth-order valence-corrected chi connectivity index (χ4v) is 2.70. The van der Waals surface area contributed by atoms with E-state index >= 15 is 0 Å². The van der Waals surface area contributed by atoms with Crippen molar-refractivity contribution in [3.63, 3.8) is 0 Å². The molecule has 3 rings (SSSR count). The summed E-state index contributed by atoms with van der Waals surface area (Å²) in [7, 11) is 0. The number of thiazole rings is 1. The summed E-state index contributed by atoms with van der Waals surface area (Å²) >= 11 is 1.59. The number of rotatable bonds is 2. The number of hydrogen-bond acceptors (Lipinski definition) is 5. The Morgan fingerprint density at radius 2 is 2.35 bits per heavy atom. The normalized spacial score (nSPS) is 14.6. The zero-order chi connectivity index (χ0) is 11.7. The van der Waals surface area contributed by atoms with Crippen LogP contribution in [0.1, 0.15) is 23.9 Å². The van der Waals surface area contributed by atoms with E-state index in [9.17, 15) is 0 Å². The van der Waals surface area contributed by atoms with Gasteiger partial charge < -0.3 is 5.32 Å². The fraction of sp³-hybridized carbons (Fsp3) is 0.417. The predicted octanol–water partition coefficient (Wildman–Crippen LogP) is 1.81. The van der Waals surface area contributed by atoms with Gasteiger partial charge in [0.2, 0.25) is 0 Å². The summed E-state index contributed by atoms with van der Waals surface area (Å²) in [6, 6.07) is 0. The average molecular weight is 246 g/mol. The van der Waals surface area contributed by atoms with Gasteiger partial charge >= 0.3 is 0 Å². The highest BCUT2D eigenvalue weighted by Crippen LogP contribution is 2.24. The van der Waals surface area contributed by atoms with Gasteiger partial charge in [0.15, 0.2) is 5.82 Å². The minimum absolute atomic E-state index is 0.838. The van der Waals surface area contributed by atoms with Crippen molar-refractivity contribution in [2.45, 2.75) is 26.3 Å². The second kappa shape index (κ2) is 4.50. The first-order valence-corrected chi connectivity index (χ1v) is 6.74. The molecule has 1 N–H and O–H groups in total. The van der Waals surface area contributed by atoms with Gasteiger partial charge in [-0.15, -0.1) is 11.3 Å². The van der Waals surface area contributed by atoms with Crippen LogP contribution in [0.25, 0.3) is 10.7 Å². The van der Waals surface area contributed by atoms with Gasteiger partial charge in [-0.25, -0.2) is 9.97 Å². The third-order valence-corrected chi connectivity index (χ3v) is 3.78. The van der Waals surface area contributed by atoms with Crippen LogP contribution in [0.5, 0.6) is 0 Å². The van der Waals surface area contributed by atoms with Crippen LogP contribution in [0.3, 0.4) is 0 Å². The third kappa shape index (κ3) is 1.96. The van der Waals surface area contributed by atoms with Crippen LogP contribution in [-0.4, -0.2) is 21.5 Å². The number of hydrogen-bond donors (Lipinski definition) is 1. The van der Waals surface area contributed by atoms with E-state index in [4.69, 9.17) is 0 Å². The van der Waals surface area contributed by atoms with Crippen LogP contribution in [0.15, 0.2) is 11.7 Å². The highest BCUT2D eigenvalue weighted by molar-refractivity contribution is 7.13. The molecule has 0 atom stereocenters. The van der Waals surface area contributed by atoms with Gasteiger partial charge in [-0.05, 0) is 6.42 Å². The molecule has 0 bridgehead atoms. The number of nitrogens with one attached hydrogen (secondary N) is 1. The molecule has 0 unspecified atom stereocenters. The van der Waals surface area contributed by atoms with Crippen LogP contribution >= 0.6 is 11.3 Å². The molecule has 1 aliphatic heterocycles. The van der Waals surface area contributed by atoms with Crippen molar-refractivity contribution in [1.29, 1.82) is 0 Å². The Hall–Kier alpha value is -1.33. The van der Waals surface area contributed by atoms with Crippen LogP contribution in [-0.2, 0) is 19.4 Å². The average Bonchev–Trinajstić information content (AvgIpc) is 2.91. The number of aryl methyl sites for hydroxylation is 1. The first-order chi connectivity index (χ1) is 8.38. The third-order valence-electron chi connectivity index (χ3n) is 3.01. The molecule has 17 heavy (non-hydrogen) atoms. The van der Waals surface area contributed by atoms with Crippen molar-refractivity contribution >= 4 is 11.3 Å². The topological polar surface area (TPSA) is 50.7 Å². The lowest BCUT2D eigenvalue weighted by atomic mass is 10.0. The molecule has 0 aliphatic carbocycles. The summed E-state index contributed by atoms with van der Waals surface area (Å²) in [4.78, 5) is 14.5. The summed E-state index contributed by atoms with van der Waals surface area (Å²) in [5, 5.41) is 3.38. The van der Waals surface area contributed by atoms with Crippen molar-refractivity contribution < 1.29 is 0 Å². The van der Waals surface area contributed by atoms with Gasteiger partial charge in [-0.1, -0.05) is 6.92 Å². The second-order valence-corrected chi connectivity index (χ2v) is 4.95. The lowest BCUT2D eigenvalue weighted by Gasteiger charge is -2.19. The number of aromatic nitrogens is 3. The van der Waals surface area contributed by atoms with Gasteiger partial charge in [0.05, 0.1) is 16.1 Å². The molecule has 0 spiro atoms. The predicted molar refractivity (Wildman–Crippen MR) is 67.9 cm³/mol. The van der Waals surface area contributed by atoms with Gasteiger partial charge in [0.25, 0.3) is 0 Å². The summed E-state index contributed by atoms with van der Waals surface area (Å²) in [5.74, 6) is 0.838. The molecule has 0 aromatic carbocycles. The maximum absolute atomic E-state index is 4.68. The molecular formula is C12H14N4S. The molecule has 0 saturated carbocycles. The molecule has 0 saturated heterocycles. The smallest absolute Gasteiger partial charge is 0.171 e. The zero-order valence-corrected chi connectivity index (χ0v) is 10.5. The molecule has 2 aromatic heterocycles. The van der Waals surface area contributed by atoms with Gasteiger partial charge in [0.1, 0.15) is 0 Å². The van der Waals surface area contributed by atoms with Gasteiger partial charge in [0, 0.05) is 37.0 Å². The van der Waals surface area contributed by atoms with Gasteiger partial charge in [-0.2, -0.15) is 0 Å². The molecule has 0 amide bonds. The van der Waals surface area contributed by atoms with E-state index in [0.29, 0.717) is 0 Å². The summed E-state index contributed by atoms with van der Waals surface area (Å²) in [6.45, 7) is 4.06. The minimum Gasteiger partial charge on any atom is -0.312 e. The number of fused-ring (bicyclic) bond motifs is 1. The molecule has 2 aromatic rings. The lowest BCUT2D eigenvalue weighted by Crippen LogP contribution is -2.26. The molecule has 0 fully saturated rings. The second-order valence-electron chi connectivity index (χ2n) is 4.07. The number of nitrogens with zero attached hydrogens (tertiary/aromatic N) is 3. The minimum atomic E-state index is 0.838. The van der Waals surface area contributed by atoms with E-state index < -0.39 is 0 Å². The standard InChI is InChI=1S/C12H14N4S/c1-2-9-8-5-13-4-3-10(8)16-12(15-9)11-6-14-7-17-11/h6-7,13H,2-5H2,1H3. The van der Waals surface area contributed by atoms with Crippen molar-refractivity contribution in [2.24, 2.45) is 0 Å². The monoisotopic (exact) mass is 246 g/mol. The SMILES string of the molecule is CCc1nc(-c2cncs2)nc2c1CNCC2. The summed E-state index contributed by atoms with van der Waals surface area (Å²) in [5.41, 5.74) is 5.50. The summed E-state index contributed by atoms with van der Waals surface area (Å²) < 4.78 is 0. The van der Waals surface area contributed by atoms with Gasteiger partial charge in [-0.3, -0.25) is 4.98 Å². The molecule has 3 heterocycles. The fourth-order valence-electron chi connectivity index (χ4n) is 2.14. The maximum Gasteiger partial charge on any atom is 0.171 e. The lowest BCUT2D eigenvalue weighted by molar-refractivity contribution is 0.618.